The number of carbonyl (C=O) groups is 1. The summed E-state index contributed by atoms with van der Waals surface area (Å²) in [6.45, 7) is 0. The first-order valence-electron chi connectivity index (χ1n) is 8.81. The minimum absolute atomic E-state index is 0.0437. The zero-order valence-corrected chi connectivity index (χ0v) is 16.7. The van der Waals surface area contributed by atoms with Gasteiger partial charge in [0.25, 0.3) is 5.91 Å². The molecule has 1 aromatic heterocycles. The van der Waals surface area contributed by atoms with Crippen LogP contribution in [0.5, 0.6) is 0 Å². The number of alkyl halides is 3. The third-order valence-corrected chi connectivity index (χ3v) is 4.81. The molecule has 0 radical (unpaired) electrons. The molecule has 1 amide bonds. The minimum atomic E-state index is -4.49. The fourth-order valence-electron chi connectivity index (χ4n) is 3.08. The quantitative estimate of drug-likeness (QED) is 0.661. The molecule has 7 nitrogen and oxygen atoms in total. The van der Waals surface area contributed by atoms with Crippen LogP contribution < -0.4 is 21.3 Å². The van der Waals surface area contributed by atoms with Crippen molar-refractivity contribution in [2.24, 2.45) is 14.1 Å². The van der Waals surface area contributed by atoms with Crippen LogP contribution in [0.1, 0.15) is 15.9 Å². The summed E-state index contributed by atoms with van der Waals surface area (Å²) in [6, 6.07) is 7.05. The van der Waals surface area contributed by atoms with E-state index in [1.165, 1.54) is 23.2 Å². The summed E-state index contributed by atoms with van der Waals surface area (Å²) in [7, 11) is 6.39. The van der Waals surface area contributed by atoms with Crippen LogP contribution in [0.4, 0.5) is 24.5 Å². The van der Waals surface area contributed by atoms with Crippen molar-refractivity contribution in [1.82, 2.24) is 9.13 Å². The van der Waals surface area contributed by atoms with Crippen molar-refractivity contribution in [2.75, 3.05) is 24.3 Å². The Kier molecular flexibility index (Phi) is 5.19. The minimum Gasteiger partial charge on any atom is -0.376 e. The van der Waals surface area contributed by atoms with Gasteiger partial charge < -0.3 is 19.4 Å². The van der Waals surface area contributed by atoms with Gasteiger partial charge in [0.1, 0.15) is 0 Å². The lowest BCUT2D eigenvalue weighted by molar-refractivity contribution is -0.137. The Bertz CT molecular complexity index is 1260. The average Bonchev–Trinajstić information content (AvgIpc) is 2.69. The van der Waals surface area contributed by atoms with Crippen molar-refractivity contribution in [1.29, 1.82) is 0 Å². The number of fused-ring (bicyclic) bond motifs is 1. The molecule has 1 N–H and O–H groups in total. The topological polar surface area (TPSA) is 76.3 Å². The third-order valence-electron chi connectivity index (χ3n) is 4.81. The molecule has 10 heteroatoms. The average molecular weight is 420 g/mol. The third kappa shape index (κ3) is 3.68. The van der Waals surface area contributed by atoms with Crippen LogP contribution in [0.15, 0.2) is 46.0 Å². The molecule has 0 aliphatic carbocycles. The van der Waals surface area contributed by atoms with Gasteiger partial charge in [0.05, 0.1) is 28.0 Å². The van der Waals surface area contributed by atoms with E-state index >= 15 is 0 Å². The van der Waals surface area contributed by atoms with E-state index < -0.39 is 28.8 Å². The van der Waals surface area contributed by atoms with Crippen LogP contribution in [-0.4, -0.2) is 29.1 Å². The maximum Gasteiger partial charge on any atom is 0.416 e. The molecule has 0 fully saturated rings. The molecule has 158 valence electrons. The summed E-state index contributed by atoms with van der Waals surface area (Å²) in [5.41, 5.74) is -0.424. The van der Waals surface area contributed by atoms with Crippen molar-refractivity contribution < 1.29 is 18.0 Å². The summed E-state index contributed by atoms with van der Waals surface area (Å²) in [5, 5.41) is 2.67. The van der Waals surface area contributed by atoms with E-state index in [0.717, 1.165) is 24.3 Å². The van der Waals surface area contributed by atoms with Gasteiger partial charge in [0.15, 0.2) is 0 Å². The second-order valence-corrected chi connectivity index (χ2v) is 7.01. The fraction of sp³-hybridized carbons (Fsp3) is 0.250. The van der Waals surface area contributed by atoms with Crippen LogP contribution in [0, 0.1) is 0 Å². The number of nitrogens with zero attached hydrogens (tertiary/aromatic N) is 3. The number of hydrogen-bond acceptors (Lipinski definition) is 4. The second kappa shape index (κ2) is 7.36. The van der Waals surface area contributed by atoms with Crippen molar-refractivity contribution in [3.63, 3.8) is 0 Å². The first-order chi connectivity index (χ1) is 13.9. The molecule has 0 atom stereocenters. The van der Waals surface area contributed by atoms with E-state index in [0.29, 0.717) is 22.4 Å². The highest BCUT2D eigenvalue weighted by atomic mass is 19.4. The standard InChI is InChI=1S/C20H19F3N4O3/c1-25(2)14-10-16-15(26(3)18(29)19(30)27(16)4)9-13(14)24-17(28)11-5-7-12(8-6-11)20(21,22)23/h5-10H,1-4H3,(H,24,28). The Morgan fingerprint density at radius 2 is 1.43 bits per heavy atom. The van der Waals surface area contributed by atoms with Gasteiger partial charge in [-0.1, -0.05) is 0 Å². The summed E-state index contributed by atoms with van der Waals surface area (Å²) in [5.74, 6) is -0.610. The molecule has 0 saturated heterocycles. The summed E-state index contributed by atoms with van der Waals surface area (Å²) >= 11 is 0. The number of hydrogen-bond donors (Lipinski definition) is 1. The van der Waals surface area contributed by atoms with Crippen LogP contribution >= 0.6 is 0 Å². The molecule has 0 saturated carbocycles. The summed E-state index contributed by atoms with van der Waals surface area (Å²) < 4.78 is 40.6. The number of aromatic nitrogens is 2. The number of nitrogens with one attached hydrogen (secondary N) is 1. The lowest BCUT2D eigenvalue weighted by Gasteiger charge is -2.20. The smallest absolute Gasteiger partial charge is 0.376 e. The fourth-order valence-corrected chi connectivity index (χ4v) is 3.08. The Labute approximate surface area is 169 Å². The number of amides is 1. The molecule has 0 unspecified atom stereocenters. The Morgan fingerprint density at radius 3 is 1.90 bits per heavy atom. The lowest BCUT2D eigenvalue weighted by atomic mass is 10.1. The zero-order valence-electron chi connectivity index (χ0n) is 16.7. The second-order valence-electron chi connectivity index (χ2n) is 7.01. The van der Waals surface area contributed by atoms with E-state index in [1.807, 2.05) is 0 Å². The van der Waals surface area contributed by atoms with Crippen LogP contribution in [0.25, 0.3) is 11.0 Å². The maximum atomic E-state index is 12.7. The van der Waals surface area contributed by atoms with Gasteiger partial charge in [-0.05, 0) is 36.4 Å². The Morgan fingerprint density at radius 1 is 0.933 bits per heavy atom. The molecular formula is C20H19F3N4O3. The number of anilines is 2. The highest BCUT2D eigenvalue weighted by Gasteiger charge is 2.30. The molecule has 2 aromatic carbocycles. The van der Waals surface area contributed by atoms with Gasteiger partial charge in [-0.15, -0.1) is 0 Å². The van der Waals surface area contributed by atoms with E-state index in [9.17, 15) is 27.6 Å². The molecule has 3 rings (SSSR count). The lowest BCUT2D eigenvalue weighted by Crippen LogP contribution is -2.39. The van der Waals surface area contributed by atoms with Crippen LogP contribution in [-0.2, 0) is 20.3 Å². The monoisotopic (exact) mass is 420 g/mol. The molecule has 0 aliphatic rings. The predicted octanol–water partition coefficient (Wildman–Crippen LogP) is 2.57. The predicted molar refractivity (Wildman–Crippen MR) is 108 cm³/mol. The van der Waals surface area contributed by atoms with Gasteiger partial charge in [-0.2, -0.15) is 13.2 Å². The highest BCUT2D eigenvalue weighted by Crippen LogP contribution is 2.31. The molecule has 0 aliphatic heterocycles. The molecule has 0 bridgehead atoms. The zero-order chi connectivity index (χ0) is 22.4. The van der Waals surface area contributed by atoms with Crippen LogP contribution in [0.3, 0.4) is 0 Å². The van der Waals surface area contributed by atoms with Crippen LogP contribution in [0.2, 0.25) is 0 Å². The van der Waals surface area contributed by atoms with Crippen molar-refractivity contribution in [2.45, 2.75) is 6.18 Å². The summed E-state index contributed by atoms with van der Waals surface area (Å²) in [4.78, 5) is 38.6. The van der Waals surface area contributed by atoms with E-state index in [-0.39, 0.29) is 5.56 Å². The van der Waals surface area contributed by atoms with Crippen molar-refractivity contribution >= 4 is 28.3 Å². The first-order valence-corrected chi connectivity index (χ1v) is 8.81. The molecule has 0 spiro atoms. The molecule has 1 heterocycles. The van der Waals surface area contributed by atoms with Gasteiger partial charge in [0, 0.05) is 33.8 Å². The molecular weight excluding hydrogens is 401 g/mol. The highest BCUT2D eigenvalue weighted by molar-refractivity contribution is 6.07. The Balaban J connectivity index is 2.09. The SMILES string of the molecule is CN(C)c1cc2c(cc1NC(=O)c1ccc(C(F)(F)F)cc1)n(C)c(=O)c(=O)n2C. The normalized spacial score (nSPS) is 11.6. The van der Waals surface area contributed by atoms with Gasteiger partial charge in [-0.3, -0.25) is 14.4 Å². The number of rotatable bonds is 3. The first kappa shape index (κ1) is 21.2. The Hall–Kier alpha value is -3.56. The van der Waals surface area contributed by atoms with Gasteiger partial charge >= 0.3 is 17.3 Å². The van der Waals surface area contributed by atoms with Crippen molar-refractivity contribution in [3.05, 3.63) is 68.2 Å². The molecule has 3 aromatic rings. The van der Waals surface area contributed by atoms with E-state index in [2.05, 4.69) is 5.32 Å². The van der Waals surface area contributed by atoms with E-state index in [4.69, 9.17) is 0 Å². The van der Waals surface area contributed by atoms with E-state index in [1.54, 1.807) is 31.1 Å². The molecule has 30 heavy (non-hydrogen) atoms. The number of aryl methyl sites for hydroxylation is 2. The van der Waals surface area contributed by atoms with Gasteiger partial charge in [-0.25, -0.2) is 0 Å². The number of benzene rings is 2. The maximum absolute atomic E-state index is 12.7. The number of carbonyl (C=O) groups excluding carboxylic acids is 1. The van der Waals surface area contributed by atoms with Crippen molar-refractivity contribution in [3.8, 4) is 0 Å². The largest absolute Gasteiger partial charge is 0.416 e. The summed E-state index contributed by atoms with van der Waals surface area (Å²) in [6.07, 6.45) is -4.49. The number of halogens is 3. The van der Waals surface area contributed by atoms with Gasteiger partial charge in [0.2, 0.25) is 0 Å².